The maximum atomic E-state index is 12.1. The number of carbonyl (C=O) groups excluding carboxylic acids is 1. The molecule has 0 N–H and O–H groups in total. The third-order valence-corrected chi connectivity index (χ3v) is 4.53. The summed E-state index contributed by atoms with van der Waals surface area (Å²) in [7, 11) is 1.85. The highest BCUT2D eigenvalue weighted by Gasteiger charge is 2.20. The summed E-state index contributed by atoms with van der Waals surface area (Å²) in [6, 6.07) is 3.49. The van der Waals surface area contributed by atoms with Crippen LogP contribution in [-0.2, 0) is 7.05 Å². The van der Waals surface area contributed by atoms with Crippen LogP contribution < -0.4 is 0 Å². The lowest BCUT2D eigenvalue weighted by Gasteiger charge is -2.07. The van der Waals surface area contributed by atoms with Crippen LogP contribution in [0.5, 0.6) is 0 Å². The first-order valence-corrected chi connectivity index (χ1v) is 6.95. The normalized spacial score (nSPS) is 12.6. The van der Waals surface area contributed by atoms with Crippen molar-refractivity contribution in [3.8, 4) is 0 Å². The Labute approximate surface area is 112 Å². The molecule has 0 bridgehead atoms. The van der Waals surface area contributed by atoms with Crippen molar-refractivity contribution in [1.82, 2.24) is 14.8 Å². The zero-order chi connectivity index (χ0) is 12.4. The van der Waals surface area contributed by atoms with E-state index in [1.54, 1.807) is 23.0 Å². The number of carbonyl (C=O) groups is 1. The van der Waals surface area contributed by atoms with Crippen LogP contribution in [-0.4, -0.2) is 25.8 Å². The number of thioether (sulfide) groups is 1. The summed E-state index contributed by atoms with van der Waals surface area (Å²) in [5, 5.41) is 8.24. The Morgan fingerprint density at radius 2 is 2.35 bits per heavy atom. The van der Waals surface area contributed by atoms with Crippen LogP contribution in [0.3, 0.4) is 0 Å². The molecule has 17 heavy (non-hydrogen) atoms. The molecule has 2 heterocycles. The van der Waals surface area contributed by atoms with E-state index in [4.69, 9.17) is 11.6 Å². The van der Waals surface area contributed by atoms with Gasteiger partial charge in [-0.05, 0) is 19.1 Å². The Morgan fingerprint density at radius 3 is 2.88 bits per heavy atom. The van der Waals surface area contributed by atoms with Crippen LogP contribution in [0.4, 0.5) is 0 Å². The Bertz CT molecular complexity index is 537. The van der Waals surface area contributed by atoms with Crippen LogP contribution >= 0.6 is 34.7 Å². The van der Waals surface area contributed by atoms with Gasteiger partial charge in [-0.1, -0.05) is 23.4 Å². The van der Waals surface area contributed by atoms with Gasteiger partial charge >= 0.3 is 0 Å². The van der Waals surface area contributed by atoms with Crippen molar-refractivity contribution in [2.45, 2.75) is 17.3 Å². The zero-order valence-corrected chi connectivity index (χ0v) is 11.6. The van der Waals surface area contributed by atoms with Gasteiger partial charge in [-0.25, -0.2) is 0 Å². The molecular formula is C10H10ClN3OS2. The Kier molecular flexibility index (Phi) is 3.86. The van der Waals surface area contributed by atoms with E-state index in [2.05, 4.69) is 10.2 Å². The summed E-state index contributed by atoms with van der Waals surface area (Å²) in [4.78, 5) is 12.7. The van der Waals surface area contributed by atoms with Gasteiger partial charge in [-0.15, -0.1) is 21.5 Å². The maximum absolute atomic E-state index is 12.1. The predicted molar refractivity (Wildman–Crippen MR) is 70.0 cm³/mol. The van der Waals surface area contributed by atoms with E-state index in [1.807, 2.05) is 14.0 Å². The van der Waals surface area contributed by atoms with Gasteiger partial charge in [0, 0.05) is 7.05 Å². The summed E-state index contributed by atoms with van der Waals surface area (Å²) >= 11 is 8.50. The van der Waals surface area contributed by atoms with Crippen molar-refractivity contribution < 1.29 is 4.79 Å². The molecule has 0 aliphatic heterocycles. The number of ketones is 1. The van der Waals surface area contributed by atoms with Crippen molar-refractivity contribution >= 4 is 40.5 Å². The van der Waals surface area contributed by atoms with Crippen LogP contribution in [0.1, 0.15) is 16.6 Å². The number of halogens is 1. The lowest BCUT2D eigenvalue weighted by molar-refractivity contribution is 0.0997. The average molecular weight is 288 g/mol. The van der Waals surface area contributed by atoms with Gasteiger partial charge in [-0.3, -0.25) is 4.79 Å². The topological polar surface area (TPSA) is 47.8 Å². The molecule has 0 saturated carbocycles. The highest BCUT2D eigenvalue weighted by atomic mass is 35.5. The van der Waals surface area contributed by atoms with Gasteiger partial charge in [0.15, 0.2) is 10.9 Å². The largest absolute Gasteiger partial charge is 0.312 e. The molecular weight excluding hydrogens is 278 g/mol. The highest BCUT2D eigenvalue weighted by Crippen LogP contribution is 2.28. The van der Waals surface area contributed by atoms with Gasteiger partial charge in [0.05, 0.1) is 14.5 Å². The molecule has 0 amide bonds. The average Bonchev–Trinajstić information content (AvgIpc) is 2.88. The maximum Gasteiger partial charge on any atom is 0.191 e. The number of hydrogen-bond acceptors (Lipinski definition) is 5. The fourth-order valence-corrected chi connectivity index (χ4v) is 3.24. The molecule has 2 aromatic heterocycles. The Hall–Kier alpha value is -0.850. The van der Waals surface area contributed by atoms with Gasteiger partial charge < -0.3 is 4.57 Å². The van der Waals surface area contributed by atoms with E-state index in [-0.39, 0.29) is 11.0 Å². The molecule has 7 heteroatoms. The first kappa shape index (κ1) is 12.6. The molecule has 0 spiro atoms. The summed E-state index contributed by atoms with van der Waals surface area (Å²) in [6.45, 7) is 1.86. The molecule has 2 aromatic rings. The van der Waals surface area contributed by atoms with Crippen molar-refractivity contribution in [2.24, 2.45) is 7.05 Å². The number of aromatic nitrogens is 3. The third kappa shape index (κ3) is 2.88. The van der Waals surface area contributed by atoms with Gasteiger partial charge in [-0.2, -0.15) is 0 Å². The fraction of sp³-hybridized carbons (Fsp3) is 0.300. The summed E-state index contributed by atoms with van der Waals surface area (Å²) in [6.07, 6.45) is 1.61. The number of rotatable bonds is 4. The number of nitrogens with zero attached hydrogens (tertiary/aromatic N) is 3. The van der Waals surface area contributed by atoms with Crippen LogP contribution in [0.2, 0.25) is 4.34 Å². The minimum absolute atomic E-state index is 0.0647. The second-order valence-corrected chi connectivity index (χ2v) is 6.48. The molecule has 0 fully saturated rings. The minimum Gasteiger partial charge on any atom is -0.312 e. The van der Waals surface area contributed by atoms with E-state index >= 15 is 0 Å². The molecule has 4 nitrogen and oxygen atoms in total. The molecule has 0 saturated heterocycles. The molecule has 0 aromatic carbocycles. The summed E-state index contributed by atoms with van der Waals surface area (Å²) < 4.78 is 2.42. The number of thiophene rings is 1. The molecule has 90 valence electrons. The molecule has 0 aliphatic rings. The minimum atomic E-state index is -0.201. The van der Waals surface area contributed by atoms with Crippen molar-refractivity contribution in [1.29, 1.82) is 0 Å². The fourth-order valence-electron chi connectivity index (χ4n) is 1.24. The van der Waals surface area contributed by atoms with Gasteiger partial charge in [0.25, 0.3) is 0 Å². The highest BCUT2D eigenvalue weighted by molar-refractivity contribution is 8.00. The SMILES string of the molecule is CC(Sc1nncn1C)C(=O)c1ccc(Cl)s1. The van der Waals surface area contributed by atoms with E-state index in [0.717, 1.165) is 5.16 Å². The van der Waals surface area contributed by atoms with Crippen molar-refractivity contribution in [2.75, 3.05) is 0 Å². The lowest BCUT2D eigenvalue weighted by Crippen LogP contribution is -2.12. The first-order chi connectivity index (χ1) is 8.08. The van der Waals surface area contributed by atoms with Crippen LogP contribution in [0.25, 0.3) is 0 Å². The summed E-state index contributed by atoms with van der Waals surface area (Å²) in [5.41, 5.74) is 0. The smallest absolute Gasteiger partial charge is 0.191 e. The number of hydrogen-bond donors (Lipinski definition) is 0. The Morgan fingerprint density at radius 1 is 1.59 bits per heavy atom. The molecule has 0 aliphatic carbocycles. The second-order valence-electron chi connectivity index (χ2n) is 3.45. The standard InChI is InChI=1S/C10H10ClN3OS2/c1-6(16-10-13-12-5-14(10)2)9(15)7-3-4-8(11)17-7/h3-6H,1-2H3. The van der Waals surface area contributed by atoms with E-state index in [1.165, 1.54) is 23.1 Å². The van der Waals surface area contributed by atoms with E-state index in [9.17, 15) is 4.79 Å². The van der Waals surface area contributed by atoms with Crippen LogP contribution in [0.15, 0.2) is 23.6 Å². The van der Waals surface area contributed by atoms with Gasteiger partial charge in [0.2, 0.25) is 0 Å². The third-order valence-electron chi connectivity index (χ3n) is 2.14. The molecule has 2 rings (SSSR count). The predicted octanol–water partition coefficient (Wildman–Crippen LogP) is 2.89. The van der Waals surface area contributed by atoms with E-state index in [0.29, 0.717) is 9.21 Å². The van der Waals surface area contributed by atoms with Crippen molar-refractivity contribution in [3.05, 3.63) is 27.7 Å². The molecule has 1 atom stereocenters. The zero-order valence-electron chi connectivity index (χ0n) is 9.25. The van der Waals surface area contributed by atoms with Crippen LogP contribution in [0, 0.1) is 0 Å². The summed E-state index contributed by atoms with van der Waals surface area (Å²) in [5.74, 6) is 0.0647. The van der Waals surface area contributed by atoms with Gasteiger partial charge in [0.1, 0.15) is 6.33 Å². The number of Topliss-reactive ketones (excluding diaryl/α,β-unsaturated/α-hetero) is 1. The quantitative estimate of drug-likeness (QED) is 0.641. The first-order valence-electron chi connectivity index (χ1n) is 4.88. The second kappa shape index (κ2) is 5.20. The lowest BCUT2D eigenvalue weighted by atomic mass is 10.2. The molecule has 1 unspecified atom stereocenters. The van der Waals surface area contributed by atoms with Crippen molar-refractivity contribution in [3.63, 3.8) is 0 Å². The molecule has 0 radical (unpaired) electrons. The monoisotopic (exact) mass is 287 g/mol. The Balaban J connectivity index is 2.08. The number of aryl methyl sites for hydroxylation is 1. The van der Waals surface area contributed by atoms with E-state index < -0.39 is 0 Å².